The number of nitro groups is 1. The first-order valence-corrected chi connectivity index (χ1v) is 11.9. The average molecular weight is 470 g/mol. The van der Waals surface area contributed by atoms with Gasteiger partial charge in [-0.1, -0.05) is 55.0 Å². The Morgan fingerprint density at radius 2 is 1.51 bits per heavy atom. The van der Waals surface area contributed by atoms with Crippen LogP contribution in [0.1, 0.15) is 30.4 Å². The lowest BCUT2D eigenvalue weighted by atomic mass is 10.0. The third kappa shape index (κ3) is 4.93. The lowest BCUT2D eigenvalue weighted by molar-refractivity contribution is -0.384. The number of non-ortho nitro benzene ring substituents is 1. The van der Waals surface area contributed by atoms with E-state index in [4.69, 9.17) is 5.10 Å². The molecule has 0 aliphatic carbocycles. The van der Waals surface area contributed by atoms with E-state index in [0.29, 0.717) is 18.8 Å². The largest absolute Gasteiger partial charge is 0.349 e. The van der Waals surface area contributed by atoms with Crippen molar-refractivity contribution < 1.29 is 9.72 Å². The van der Waals surface area contributed by atoms with Gasteiger partial charge in [0.2, 0.25) is 0 Å². The predicted octanol–water partition coefficient (Wildman–Crippen LogP) is 5.56. The second-order valence-electron chi connectivity index (χ2n) is 8.84. The Hall–Kier alpha value is -4.04. The van der Waals surface area contributed by atoms with E-state index in [-0.39, 0.29) is 11.7 Å². The SMILES string of the molecule is O=C1N(Cc2ccccc2)N=C(CN2CCCCC2)c2ccccc2N1c1ccc([N+](=O)[O-])cc1. The van der Waals surface area contributed by atoms with Crippen LogP contribution in [-0.2, 0) is 6.54 Å². The van der Waals surface area contributed by atoms with Crippen LogP contribution in [0.2, 0.25) is 0 Å². The second kappa shape index (κ2) is 10.1. The van der Waals surface area contributed by atoms with E-state index in [2.05, 4.69) is 4.90 Å². The third-order valence-corrected chi connectivity index (χ3v) is 6.43. The van der Waals surface area contributed by atoms with Gasteiger partial charge in [-0.15, -0.1) is 0 Å². The Labute approximate surface area is 204 Å². The molecule has 1 fully saturated rings. The van der Waals surface area contributed by atoms with E-state index in [1.165, 1.54) is 23.6 Å². The quantitative estimate of drug-likeness (QED) is 0.350. The Balaban J connectivity index is 1.59. The van der Waals surface area contributed by atoms with Crippen molar-refractivity contribution in [2.75, 3.05) is 24.5 Å². The number of urea groups is 1. The lowest BCUT2D eigenvalue weighted by Crippen LogP contribution is -2.37. The fourth-order valence-corrected chi connectivity index (χ4v) is 4.65. The molecule has 2 aliphatic rings. The highest BCUT2D eigenvalue weighted by Crippen LogP contribution is 2.34. The molecule has 0 aromatic heterocycles. The zero-order valence-electron chi connectivity index (χ0n) is 19.4. The zero-order valence-corrected chi connectivity index (χ0v) is 19.4. The van der Waals surface area contributed by atoms with Crippen LogP contribution >= 0.6 is 0 Å². The molecule has 0 spiro atoms. The number of piperidine rings is 1. The average Bonchev–Trinajstić information content (AvgIpc) is 3.00. The van der Waals surface area contributed by atoms with Gasteiger partial charge in [0.05, 0.1) is 28.6 Å². The predicted molar refractivity (Wildman–Crippen MR) is 136 cm³/mol. The van der Waals surface area contributed by atoms with E-state index in [0.717, 1.165) is 48.5 Å². The standard InChI is InChI=1S/C27H27N5O3/c33-27-30(19-21-9-3-1-4-10-21)28-25(20-29-17-7-2-8-18-29)24-11-5-6-12-26(24)31(27)22-13-15-23(16-14-22)32(34)35/h1,3-6,9-16H,2,7-8,17-20H2. The summed E-state index contributed by atoms with van der Waals surface area (Å²) in [5.74, 6) is 0. The molecular weight excluding hydrogens is 442 g/mol. The van der Waals surface area contributed by atoms with Crippen LogP contribution < -0.4 is 4.90 Å². The molecule has 2 amide bonds. The molecular formula is C27H27N5O3. The normalized spacial score (nSPS) is 16.5. The summed E-state index contributed by atoms with van der Waals surface area (Å²) in [4.78, 5) is 28.7. The summed E-state index contributed by atoms with van der Waals surface area (Å²) in [7, 11) is 0. The number of nitro benzene ring substituents is 1. The number of carbonyl (C=O) groups excluding carboxylic acids is 1. The summed E-state index contributed by atoms with van der Waals surface area (Å²) < 4.78 is 0. The highest BCUT2D eigenvalue weighted by molar-refractivity contribution is 6.13. The van der Waals surface area contributed by atoms with Crippen molar-refractivity contribution in [3.05, 3.63) is 100 Å². The van der Waals surface area contributed by atoms with Crippen LogP contribution in [0.5, 0.6) is 0 Å². The number of hydrazone groups is 1. The van der Waals surface area contributed by atoms with Gasteiger partial charge in [-0.2, -0.15) is 5.10 Å². The van der Waals surface area contributed by atoms with Gasteiger partial charge >= 0.3 is 6.03 Å². The molecule has 0 N–H and O–H groups in total. The van der Waals surface area contributed by atoms with Gasteiger partial charge < -0.3 is 0 Å². The number of para-hydroxylation sites is 1. The maximum atomic E-state index is 14.0. The molecule has 0 atom stereocenters. The van der Waals surface area contributed by atoms with Gasteiger partial charge in [0.15, 0.2) is 0 Å². The van der Waals surface area contributed by atoms with Gasteiger partial charge in [0.25, 0.3) is 5.69 Å². The minimum Gasteiger partial charge on any atom is -0.297 e. The minimum atomic E-state index is -0.441. The minimum absolute atomic E-state index is 0.0208. The molecule has 178 valence electrons. The summed E-state index contributed by atoms with van der Waals surface area (Å²) >= 11 is 0. The van der Waals surface area contributed by atoms with Crippen molar-refractivity contribution in [1.29, 1.82) is 0 Å². The monoisotopic (exact) mass is 469 g/mol. The Bertz CT molecular complexity index is 1240. The number of fused-ring (bicyclic) bond motifs is 1. The molecule has 0 saturated carbocycles. The Morgan fingerprint density at radius 3 is 2.23 bits per heavy atom. The summed E-state index contributed by atoms with van der Waals surface area (Å²) in [6, 6.07) is 23.3. The molecule has 8 heteroatoms. The van der Waals surface area contributed by atoms with E-state index in [1.807, 2.05) is 54.6 Å². The number of hydrogen-bond donors (Lipinski definition) is 0. The van der Waals surface area contributed by atoms with E-state index in [9.17, 15) is 14.9 Å². The molecule has 0 unspecified atom stereocenters. The zero-order chi connectivity index (χ0) is 24.2. The van der Waals surface area contributed by atoms with Gasteiger partial charge in [-0.3, -0.25) is 19.9 Å². The smallest absolute Gasteiger partial charge is 0.297 e. The van der Waals surface area contributed by atoms with Crippen molar-refractivity contribution >= 4 is 28.8 Å². The fourth-order valence-electron chi connectivity index (χ4n) is 4.65. The van der Waals surface area contributed by atoms with Crippen LogP contribution in [0.4, 0.5) is 21.9 Å². The number of carbonyl (C=O) groups is 1. The van der Waals surface area contributed by atoms with Gasteiger partial charge in [-0.05, 0) is 49.7 Å². The van der Waals surface area contributed by atoms with Crippen molar-refractivity contribution in [3.63, 3.8) is 0 Å². The number of benzene rings is 3. The Kier molecular flexibility index (Phi) is 6.54. The van der Waals surface area contributed by atoms with E-state index >= 15 is 0 Å². The van der Waals surface area contributed by atoms with E-state index < -0.39 is 4.92 Å². The van der Waals surface area contributed by atoms with Crippen LogP contribution in [0.3, 0.4) is 0 Å². The molecule has 0 bridgehead atoms. The van der Waals surface area contributed by atoms with Crippen molar-refractivity contribution in [2.24, 2.45) is 5.10 Å². The maximum absolute atomic E-state index is 14.0. The molecule has 35 heavy (non-hydrogen) atoms. The van der Waals surface area contributed by atoms with Crippen molar-refractivity contribution in [1.82, 2.24) is 9.91 Å². The molecule has 5 rings (SSSR count). The molecule has 2 aliphatic heterocycles. The van der Waals surface area contributed by atoms with Crippen LogP contribution in [0.25, 0.3) is 0 Å². The topological polar surface area (TPSA) is 82.3 Å². The van der Waals surface area contributed by atoms with Crippen LogP contribution in [0.15, 0.2) is 84.0 Å². The number of nitrogens with zero attached hydrogens (tertiary/aromatic N) is 5. The van der Waals surface area contributed by atoms with Gasteiger partial charge in [0.1, 0.15) is 0 Å². The molecule has 8 nitrogen and oxygen atoms in total. The molecule has 0 radical (unpaired) electrons. The lowest BCUT2D eigenvalue weighted by Gasteiger charge is -2.27. The number of rotatable bonds is 6. The Morgan fingerprint density at radius 1 is 0.829 bits per heavy atom. The molecule has 1 saturated heterocycles. The first kappa shape index (κ1) is 22.7. The summed E-state index contributed by atoms with van der Waals surface area (Å²) in [5, 5.41) is 17.6. The summed E-state index contributed by atoms with van der Waals surface area (Å²) in [6.45, 7) is 3.00. The number of hydrogen-bond acceptors (Lipinski definition) is 5. The first-order valence-electron chi connectivity index (χ1n) is 11.9. The second-order valence-corrected chi connectivity index (χ2v) is 8.84. The van der Waals surface area contributed by atoms with Gasteiger partial charge in [-0.25, -0.2) is 9.80 Å². The van der Waals surface area contributed by atoms with Crippen molar-refractivity contribution in [3.8, 4) is 0 Å². The summed E-state index contributed by atoms with van der Waals surface area (Å²) in [6.07, 6.45) is 3.57. The molecule has 2 heterocycles. The van der Waals surface area contributed by atoms with Crippen molar-refractivity contribution in [2.45, 2.75) is 25.8 Å². The van der Waals surface area contributed by atoms with Crippen LogP contribution in [-0.4, -0.2) is 46.2 Å². The molecule has 3 aromatic rings. The number of amides is 2. The number of likely N-dealkylation sites (tertiary alicyclic amines) is 1. The van der Waals surface area contributed by atoms with E-state index in [1.54, 1.807) is 17.0 Å². The van der Waals surface area contributed by atoms with Crippen LogP contribution in [0, 0.1) is 10.1 Å². The maximum Gasteiger partial charge on any atom is 0.349 e. The fraction of sp³-hybridized carbons (Fsp3) is 0.259. The number of anilines is 2. The third-order valence-electron chi connectivity index (χ3n) is 6.43. The first-order chi connectivity index (χ1) is 17.1. The highest BCUT2D eigenvalue weighted by atomic mass is 16.6. The highest BCUT2D eigenvalue weighted by Gasteiger charge is 2.32. The molecule has 3 aromatic carbocycles. The van der Waals surface area contributed by atoms with Gasteiger partial charge in [0, 0.05) is 24.2 Å². The summed E-state index contributed by atoms with van der Waals surface area (Å²) in [5.41, 5.74) is 3.96.